The number of aliphatic imine (C=N–C) groups is 1. The summed E-state index contributed by atoms with van der Waals surface area (Å²) in [4.78, 5) is 6.71. The summed E-state index contributed by atoms with van der Waals surface area (Å²) < 4.78 is 23.5. The molecule has 1 aliphatic rings. The molecule has 1 fully saturated rings. The number of nitrogens with zero attached hydrogens (tertiary/aromatic N) is 2. The van der Waals surface area contributed by atoms with Gasteiger partial charge >= 0.3 is 0 Å². The maximum atomic E-state index is 12.1. The van der Waals surface area contributed by atoms with Gasteiger partial charge in [0.2, 0.25) is 0 Å². The van der Waals surface area contributed by atoms with Gasteiger partial charge in [-0.25, -0.2) is 8.42 Å². The van der Waals surface area contributed by atoms with E-state index in [1.165, 1.54) is 25.8 Å². The number of likely N-dealkylation sites (tertiary alicyclic amines) is 1. The first-order valence-corrected chi connectivity index (χ1v) is 10.7. The Hall–Kier alpha value is -0.820. The van der Waals surface area contributed by atoms with Crippen LogP contribution in [0.4, 0.5) is 0 Å². The highest BCUT2D eigenvalue weighted by molar-refractivity contribution is 7.92. The lowest BCUT2D eigenvalue weighted by atomic mass is 10.0. The third-order valence-corrected chi connectivity index (χ3v) is 7.28. The van der Waals surface area contributed by atoms with Crippen LogP contribution in [0.2, 0.25) is 0 Å². The average molecular weight is 361 g/mol. The molecule has 1 unspecified atom stereocenters. The quantitative estimate of drug-likeness (QED) is 0.410. The summed E-state index contributed by atoms with van der Waals surface area (Å²) in [5, 5.41) is 6.36. The first kappa shape index (κ1) is 21.2. The van der Waals surface area contributed by atoms with E-state index in [1.54, 1.807) is 27.8 Å². The van der Waals surface area contributed by atoms with Crippen LogP contribution in [0, 0.1) is 0 Å². The van der Waals surface area contributed by atoms with E-state index in [0.29, 0.717) is 18.5 Å². The van der Waals surface area contributed by atoms with Crippen molar-refractivity contribution in [1.29, 1.82) is 0 Å². The molecule has 1 heterocycles. The maximum Gasteiger partial charge on any atom is 0.191 e. The van der Waals surface area contributed by atoms with Gasteiger partial charge in [-0.05, 0) is 53.5 Å². The minimum atomic E-state index is -3.10. The molecule has 24 heavy (non-hydrogen) atoms. The molecule has 142 valence electrons. The molecular weight excluding hydrogens is 324 g/mol. The molecule has 0 aromatic heterocycles. The van der Waals surface area contributed by atoms with Crippen LogP contribution in [-0.2, 0) is 9.84 Å². The predicted molar refractivity (Wildman–Crippen MR) is 102 cm³/mol. The number of sulfone groups is 1. The number of hydrogen-bond acceptors (Lipinski definition) is 4. The molecule has 0 aromatic rings. The van der Waals surface area contributed by atoms with Crippen LogP contribution in [0.25, 0.3) is 0 Å². The predicted octanol–water partition coefficient (Wildman–Crippen LogP) is 1.63. The second-order valence-corrected chi connectivity index (χ2v) is 10.5. The van der Waals surface area contributed by atoms with Gasteiger partial charge in [0.1, 0.15) is 0 Å². The lowest BCUT2D eigenvalue weighted by molar-refractivity contribution is 0.159. The molecule has 1 rings (SSSR count). The molecule has 0 bridgehead atoms. The Bertz CT molecular complexity index is 497. The molecule has 0 radical (unpaired) electrons. The number of piperidine rings is 1. The van der Waals surface area contributed by atoms with Gasteiger partial charge in [0.05, 0.1) is 10.5 Å². The fourth-order valence-corrected chi connectivity index (χ4v) is 3.79. The second-order valence-electron chi connectivity index (χ2n) is 7.59. The highest BCUT2D eigenvalue weighted by atomic mass is 32.2. The topological polar surface area (TPSA) is 73.8 Å². The zero-order chi connectivity index (χ0) is 18.2. The van der Waals surface area contributed by atoms with Crippen molar-refractivity contribution >= 4 is 15.8 Å². The Morgan fingerprint density at radius 1 is 1.21 bits per heavy atom. The van der Waals surface area contributed by atoms with Gasteiger partial charge in [0.25, 0.3) is 0 Å². The molecule has 1 atom stereocenters. The van der Waals surface area contributed by atoms with Crippen LogP contribution in [0.3, 0.4) is 0 Å². The highest BCUT2D eigenvalue weighted by Gasteiger charge is 2.28. The van der Waals surface area contributed by atoms with Crippen molar-refractivity contribution in [3.8, 4) is 0 Å². The van der Waals surface area contributed by atoms with E-state index in [0.717, 1.165) is 19.5 Å². The van der Waals surface area contributed by atoms with Crippen LogP contribution in [0.1, 0.15) is 53.4 Å². The van der Waals surface area contributed by atoms with E-state index in [2.05, 4.69) is 27.4 Å². The molecule has 0 aromatic carbocycles. The molecule has 0 spiro atoms. The van der Waals surface area contributed by atoms with Gasteiger partial charge < -0.3 is 15.5 Å². The average Bonchev–Trinajstić information content (AvgIpc) is 2.50. The van der Waals surface area contributed by atoms with Crippen molar-refractivity contribution in [1.82, 2.24) is 15.5 Å². The number of rotatable bonds is 7. The third kappa shape index (κ3) is 6.97. The number of hydrogen-bond donors (Lipinski definition) is 2. The molecule has 1 saturated heterocycles. The van der Waals surface area contributed by atoms with Crippen molar-refractivity contribution in [2.45, 2.75) is 64.2 Å². The van der Waals surface area contributed by atoms with E-state index in [9.17, 15) is 8.42 Å². The van der Waals surface area contributed by atoms with E-state index in [-0.39, 0.29) is 5.75 Å². The SMILES string of the molecule is CN=C(NCCCN1CCCCC1C)NCCS(=O)(=O)C(C)(C)C. The zero-order valence-electron chi connectivity index (χ0n) is 16.1. The first-order valence-electron chi connectivity index (χ1n) is 9.08. The Labute approximate surface area is 148 Å². The summed E-state index contributed by atoms with van der Waals surface area (Å²) in [6.07, 6.45) is 5.03. The van der Waals surface area contributed by atoms with Crippen LogP contribution in [0.5, 0.6) is 0 Å². The van der Waals surface area contributed by atoms with Gasteiger partial charge in [0.15, 0.2) is 15.8 Å². The van der Waals surface area contributed by atoms with Crippen LogP contribution in [-0.4, -0.2) is 69.0 Å². The fourth-order valence-electron chi connectivity index (χ4n) is 2.81. The second kappa shape index (κ2) is 9.61. The molecule has 6 nitrogen and oxygen atoms in total. The largest absolute Gasteiger partial charge is 0.356 e. The summed E-state index contributed by atoms with van der Waals surface area (Å²) >= 11 is 0. The van der Waals surface area contributed by atoms with Crippen molar-refractivity contribution in [2.75, 3.05) is 39.0 Å². The standard InChI is InChI=1S/C17H36N4O2S/c1-15-9-6-7-12-21(15)13-8-10-19-16(18-5)20-11-14-24(22,23)17(2,3)4/h15H,6-14H2,1-5H3,(H2,18,19,20). The molecular formula is C17H36N4O2S. The molecule has 0 amide bonds. The Morgan fingerprint density at radius 2 is 1.88 bits per heavy atom. The molecule has 0 saturated carbocycles. The van der Waals surface area contributed by atoms with Crippen molar-refractivity contribution in [3.05, 3.63) is 0 Å². The lowest BCUT2D eigenvalue weighted by Crippen LogP contribution is -2.43. The van der Waals surface area contributed by atoms with Crippen LogP contribution in [0.15, 0.2) is 4.99 Å². The highest BCUT2D eigenvalue weighted by Crippen LogP contribution is 2.16. The Morgan fingerprint density at radius 3 is 2.46 bits per heavy atom. The summed E-state index contributed by atoms with van der Waals surface area (Å²) in [6, 6.07) is 0.693. The van der Waals surface area contributed by atoms with Crippen LogP contribution >= 0.6 is 0 Å². The molecule has 2 N–H and O–H groups in total. The van der Waals surface area contributed by atoms with E-state index >= 15 is 0 Å². The van der Waals surface area contributed by atoms with Gasteiger partial charge in [-0.2, -0.15) is 0 Å². The van der Waals surface area contributed by atoms with Crippen LogP contribution < -0.4 is 10.6 Å². The summed E-state index contributed by atoms with van der Waals surface area (Å²) in [5.74, 6) is 0.786. The Balaban J connectivity index is 2.23. The minimum Gasteiger partial charge on any atom is -0.356 e. The third-order valence-electron chi connectivity index (χ3n) is 4.67. The van der Waals surface area contributed by atoms with Crippen molar-refractivity contribution < 1.29 is 8.42 Å². The van der Waals surface area contributed by atoms with E-state index < -0.39 is 14.6 Å². The van der Waals surface area contributed by atoms with E-state index in [4.69, 9.17) is 0 Å². The minimum absolute atomic E-state index is 0.114. The van der Waals surface area contributed by atoms with Gasteiger partial charge in [-0.3, -0.25) is 4.99 Å². The van der Waals surface area contributed by atoms with Crippen molar-refractivity contribution in [2.24, 2.45) is 4.99 Å². The fraction of sp³-hybridized carbons (Fsp3) is 0.941. The van der Waals surface area contributed by atoms with Gasteiger partial charge in [0, 0.05) is 32.7 Å². The Kier molecular flexibility index (Phi) is 8.50. The molecule has 7 heteroatoms. The number of nitrogens with one attached hydrogen (secondary N) is 2. The molecule has 0 aliphatic carbocycles. The monoisotopic (exact) mass is 360 g/mol. The molecule has 1 aliphatic heterocycles. The smallest absolute Gasteiger partial charge is 0.191 e. The van der Waals surface area contributed by atoms with Gasteiger partial charge in [-0.1, -0.05) is 6.42 Å². The summed E-state index contributed by atoms with van der Waals surface area (Å²) in [5.41, 5.74) is 0. The maximum absolute atomic E-state index is 12.1. The summed E-state index contributed by atoms with van der Waals surface area (Å²) in [6.45, 7) is 11.0. The normalized spacial score (nSPS) is 20.9. The number of guanidine groups is 1. The first-order chi connectivity index (χ1) is 11.2. The van der Waals surface area contributed by atoms with E-state index in [1.807, 2.05) is 0 Å². The summed E-state index contributed by atoms with van der Waals surface area (Å²) in [7, 11) is -1.39. The zero-order valence-corrected chi connectivity index (χ0v) is 16.9. The lowest BCUT2D eigenvalue weighted by Gasteiger charge is -2.33. The van der Waals surface area contributed by atoms with Crippen molar-refractivity contribution in [3.63, 3.8) is 0 Å². The van der Waals surface area contributed by atoms with Gasteiger partial charge in [-0.15, -0.1) is 0 Å².